The average Bonchev–Trinajstić information content (AvgIpc) is 3.36. The molecule has 1 aliphatic rings. The molecule has 7 nitrogen and oxygen atoms in total. The Kier molecular flexibility index (Phi) is 8.09. The van der Waals surface area contributed by atoms with Crippen LogP contribution in [0.15, 0.2) is 72.3 Å². The maximum atomic E-state index is 13.1. The molecule has 0 N–H and O–H groups in total. The maximum absolute atomic E-state index is 13.1. The van der Waals surface area contributed by atoms with Gasteiger partial charge >= 0.3 is 0 Å². The fraction of sp³-hybridized carbons (Fsp3) is 0.241. The highest BCUT2D eigenvalue weighted by Gasteiger charge is 2.26. The summed E-state index contributed by atoms with van der Waals surface area (Å²) < 4.78 is 22.4. The van der Waals surface area contributed by atoms with Crippen LogP contribution in [-0.2, 0) is 11.2 Å². The first-order chi connectivity index (χ1) is 17.6. The van der Waals surface area contributed by atoms with Gasteiger partial charge in [-0.1, -0.05) is 36.4 Å². The summed E-state index contributed by atoms with van der Waals surface area (Å²) in [7, 11) is 3.16. The van der Waals surface area contributed by atoms with E-state index in [2.05, 4.69) is 6.07 Å². The number of fused-ring (bicyclic) bond motifs is 1. The number of nitriles is 1. The third-order valence-electron chi connectivity index (χ3n) is 5.85. The Bertz CT molecular complexity index is 1290. The molecule has 0 fully saturated rings. The van der Waals surface area contributed by atoms with Crippen molar-refractivity contribution in [3.63, 3.8) is 0 Å². The first kappa shape index (κ1) is 24.7. The van der Waals surface area contributed by atoms with Crippen LogP contribution in [-0.4, -0.2) is 39.9 Å². The van der Waals surface area contributed by atoms with Crippen molar-refractivity contribution < 1.29 is 23.7 Å². The van der Waals surface area contributed by atoms with E-state index in [0.29, 0.717) is 54.7 Å². The van der Waals surface area contributed by atoms with Gasteiger partial charge in [0.2, 0.25) is 0 Å². The summed E-state index contributed by atoms with van der Waals surface area (Å²) in [6, 6.07) is 22.6. The van der Waals surface area contributed by atoms with Crippen molar-refractivity contribution in [2.45, 2.75) is 12.8 Å². The molecule has 184 valence electrons. The zero-order valence-corrected chi connectivity index (χ0v) is 20.4. The van der Waals surface area contributed by atoms with Crippen molar-refractivity contribution in [1.29, 1.82) is 5.26 Å². The Labute approximate surface area is 211 Å². The Hall–Kier alpha value is -4.44. The first-order valence-corrected chi connectivity index (χ1v) is 11.7. The van der Waals surface area contributed by atoms with Crippen LogP contribution in [0.3, 0.4) is 0 Å². The molecule has 0 radical (unpaired) electrons. The minimum absolute atomic E-state index is 0.0657. The predicted molar refractivity (Wildman–Crippen MR) is 138 cm³/mol. The highest BCUT2D eigenvalue weighted by Crippen LogP contribution is 2.31. The summed E-state index contributed by atoms with van der Waals surface area (Å²) in [5.74, 6) is 2.16. The number of carbonyl (C=O) groups excluding carboxylic acids is 1. The predicted octanol–water partition coefficient (Wildman–Crippen LogP) is 5.05. The summed E-state index contributed by atoms with van der Waals surface area (Å²) in [5.41, 5.74) is 2.71. The van der Waals surface area contributed by atoms with E-state index in [-0.39, 0.29) is 11.5 Å². The molecule has 0 atom stereocenters. The zero-order chi connectivity index (χ0) is 25.3. The lowest BCUT2D eigenvalue weighted by Crippen LogP contribution is -2.29. The highest BCUT2D eigenvalue weighted by molar-refractivity contribution is 6.12. The number of amides is 1. The van der Waals surface area contributed by atoms with Gasteiger partial charge in [-0.15, -0.1) is 0 Å². The fourth-order valence-corrected chi connectivity index (χ4v) is 4.06. The molecular formula is C29H28N2O5. The molecule has 0 spiro atoms. The minimum Gasteiger partial charge on any atom is -0.493 e. The second-order valence-electron chi connectivity index (χ2n) is 8.12. The number of benzene rings is 3. The molecule has 0 bridgehead atoms. The lowest BCUT2D eigenvalue weighted by molar-refractivity contribution is -0.114. The van der Waals surface area contributed by atoms with E-state index in [1.807, 2.05) is 48.5 Å². The molecule has 0 saturated carbocycles. The molecule has 7 heteroatoms. The summed E-state index contributed by atoms with van der Waals surface area (Å²) in [4.78, 5) is 14.7. The van der Waals surface area contributed by atoms with Crippen molar-refractivity contribution in [2.75, 3.05) is 38.9 Å². The molecule has 4 rings (SSSR count). The van der Waals surface area contributed by atoms with Gasteiger partial charge in [-0.25, -0.2) is 0 Å². The van der Waals surface area contributed by atoms with Crippen LogP contribution in [0.1, 0.15) is 17.5 Å². The van der Waals surface area contributed by atoms with E-state index >= 15 is 0 Å². The Morgan fingerprint density at radius 1 is 0.917 bits per heavy atom. The molecule has 3 aromatic rings. The van der Waals surface area contributed by atoms with Gasteiger partial charge in [-0.05, 0) is 54.0 Å². The van der Waals surface area contributed by atoms with Gasteiger partial charge in [0.1, 0.15) is 11.6 Å². The molecule has 1 heterocycles. The molecule has 0 unspecified atom stereocenters. The molecule has 1 amide bonds. The van der Waals surface area contributed by atoms with Crippen molar-refractivity contribution in [2.24, 2.45) is 0 Å². The van der Waals surface area contributed by atoms with Crippen LogP contribution >= 0.6 is 0 Å². The van der Waals surface area contributed by atoms with Gasteiger partial charge in [-0.2, -0.15) is 5.26 Å². The number of hydrogen-bond donors (Lipinski definition) is 0. The number of methoxy groups -OCH3 is 2. The SMILES string of the molecule is COc1ccccc1OCCCOc1ccc(C=C(C#N)C(=O)N2CCc3ccccc32)cc1OC. The Balaban J connectivity index is 1.37. The van der Waals surface area contributed by atoms with Gasteiger partial charge in [0.05, 0.1) is 27.4 Å². The lowest BCUT2D eigenvalue weighted by Gasteiger charge is -2.16. The minimum atomic E-state index is -0.309. The first-order valence-electron chi connectivity index (χ1n) is 11.7. The second kappa shape index (κ2) is 11.8. The van der Waals surface area contributed by atoms with E-state index in [0.717, 1.165) is 17.7 Å². The van der Waals surface area contributed by atoms with Crippen molar-refractivity contribution in [3.8, 4) is 29.1 Å². The quantitative estimate of drug-likeness (QED) is 0.228. The molecule has 0 aromatic heterocycles. The molecule has 3 aromatic carbocycles. The number of rotatable bonds is 10. The molecule has 36 heavy (non-hydrogen) atoms. The van der Waals surface area contributed by atoms with Crippen molar-refractivity contribution >= 4 is 17.7 Å². The van der Waals surface area contributed by atoms with Gasteiger partial charge < -0.3 is 23.8 Å². The highest BCUT2D eigenvalue weighted by atomic mass is 16.5. The van der Waals surface area contributed by atoms with Crippen LogP contribution in [0.5, 0.6) is 23.0 Å². The van der Waals surface area contributed by atoms with Crippen molar-refractivity contribution in [1.82, 2.24) is 0 Å². The largest absolute Gasteiger partial charge is 0.493 e. The number of ether oxygens (including phenoxy) is 4. The third kappa shape index (κ3) is 5.61. The number of hydrogen-bond acceptors (Lipinski definition) is 6. The average molecular weight is 485 g/mol. The van der Waals surface area contributed by atoms with E-state index in [9.17, 15) is 10.1 Å². The molecule has 1 aliphatic heterocycles. The van der Waals surface area contributed by atoms with Gasteiger partial charge in [0.15, 0.2) is 23.0 Å². The van der Waals surface area contributed by atoms with E-state index in [4.69, 9.17) is 18.9 Å². The number of nitrogens with zero attached hydrogens (tertiary/aromatic N) is 2. The fourth-order valence-electron chi connectivity index (χ4n) is 4.06. The lowest BCUT2D eigenvalue weighted by atomic mass is 10.1. The summed E-state index contributed by atoms with van der Waals surface area (Å²) in [6.07, 6.45) is 3.02. The van der Waals surface area contributed by atoms with Crippen LogP contribution in [0.2, 0.25) is 0 Å². The van der Waals surface area contributed by atoms with Gasteiger partial charge in [-0.3, -0.25) is 4.79 Å². The Morgan fingerprint density at radius 3 is 2.31 bits per heavy atom. The number of para-hydroxylation sites is 3. The molecular weight excluding hydrogens is 456 g/mol. The van der Waals surface area contributed by atoms with Crippen LogP contribution < -0.4 is 23.8 Å². The summed E-state index contributed by atoms with van der Waals surface area (Å²) in [6.45, 7) is 1.46. The van der Waals surface area contributed by atoms with E-state index in [1.165, 1.54) is 0 Å². The molecule has 0 aliphatic carbocycles. The summed E-state index contributed by atoms with van der Waals surface area (Å²) in [5, 5.41) is 9.69. The van der Waals surface area contributed by atoms with Gasteiger partial charge in [0.25, 0.3) is 5.91 Å². The standard InChI is InChI=1S/C29H28N2O5/c1-33-25-10-5-6-11-26(25)35-16-7-17-36-27-13-12-21(19-28(27)34-2)18-23(20-30)29(32)31-15-14-22-8-3-4-9-24(22)31/h3-6,8-13,18-19H,7,14-17H2,1-2H3. The van der Waals surface area contributed by atoms with Gasteiger partial charge in [0, 0.05) is 18.7 Å². The van der Waals surface area contributed by atoms with E-state index < -0.39 is 0 Å². The zero-order valence-electron chi connectivity index (χ0n) is 20.4. The number of anilines is 1. The number of carbonyl (C=O) groups is 1. The van der Waals surface area contributed by atoms with Crippen LogP contribution in [0.4, 0.5) is 5.69 Å². The second-order valence-corrected chi connectivity index (χ2v) is 8.12. The maximum Gasteiger partial charge on any atom is 0.268 e. The topological polar surface area (TPSA) is 81.0 Å². The van der Waals surface area contributed by atoms with E-state index in [1.54, 1.807) is 43.4 Å². The smallest absolute Gasteiger partial charge is 0.268 e. The monoisotopic (exact) mass is 484 g/mol. The Morgan fingerprint density at radius 2 is 1.58 bits per heavy atom. The normalized spacial score (nSPS) is 12.5. The van der Waals surface area contributed by atoms with Crippen molar-refractivity contribution in [3.05, 3.63) is 83.4 Å². The van der Waals surface area contributed by atoms with Crippen LogP contribution in [0.25, 0.3) is 6.08 Å². The van der Waals surface area contributed by atoms with Crippen LogP contribution in [0, 0.1) is 11.3 Å². The third-order valence-corrected chi connectivity index (χ3v) is 5.85. The molecule has 0 saturated heterocycles. The summed E-state index contributed by atoms with van der Waals surface area (Å²) >= 11 is 0.